The molecule has 5 N–H and O–H groups in total. The van der Waals surface area contributed by atoms with Crippen molar-refractivity contribution in [3.05, 3.63) is 0 Å². The Bertz CT molecular complexity index is 263. The summed E-state index contributed by atoms with van der Waals surface area (Å²) in [5.74, 6) is -0.595. The van der Waals surface area contributed by atoms with E-state index >= 15 is 0 Å². The number of carbonyl (C=O) groups is 2. The number of esters is 1. The van der Waals surface area contributed by atoms with Crippen molar-refractivity contribution < 1.29 is 19.4 Å². The highest BCUT2D eigenvalue weighted by atomic mass is 33.1. The SMILES string of the molecule is CC(=O)OC(CSSCC(N)C(=O)O)C(C)N. The quantitative estimate of drug-likeness (QED) is 0.325. The number of hydrogen-bond donors (Lipinski definition) is 3. The van der Waals surface area contributed by atoms with Crippen LogP contribution in [0.1, 0.15) is 13.8 Å². The molecule has 0 fully saturated rings. The number of aliphatic carboxylic acids is 1. The third-order valence-corrected chi connectivity index (χ3v) is 4.23. The van der Waals surface area contributed by atoms with Gasteiger partial charge in [0.15, 0.2) is 0 Å². The van der Waals surface area contributed by atoms with Gasteiger partial charge >= 0.3 is 11.9 Å². The number of nitrogens with two attached hydrogens (primary N) is 2. The lowest BCUT2D eigenvalue weighted by Crippen LogP contribution is -2.37. The second kappa shape index (κ2) is 8.62. The van der Waals surface area contributed by atoms with Gasteiger partial charge in [0.05, 0.1) is 0 Å². The first-order chi connectivity index (χ1) is 7.84. The molecule has 100 valence electrons. The molecule has 6 nitrogen and oxygen atoms in total. The van der Waals surface area contributed by atoms with Crippen molar-refractivity contribution in [3.63, 3.8) is 0 Å². The highest BCUT2D eigenvalue weighted by Gasteiger charge is 2.18. The van der Waals surface area contributed by atoms with Crippen LogP contribution in [-0.2, 0) is 14.3 Å². The van der Waals surface area contributed by atoms with E-state index in [1.807, 2.05) is 0 Å². The van der Waals surface area contributed by atoms with Crippen molar-refractivity contribution in [3.8, 4) is 0 Å². The smallest absolute Gasteiger partial charge is 0.321 e. The van der Waals surface area contributed by atoms with E-state index in [9.17, 15) is 9.59 Å². The molecule has 0 aliphatic heterocycles. The zero-order valence-corrected chi connectivity index (χ0v) is 11.4. The number of rotatable bonds is 8. The molecule has 0 aromatic rings. The molecule has 0 rings (SSSR count). The summed E-state index contributed by atoms with van der Waals surface area (Å²) >= 11 is 0. The summed E-state index contributed by atoms with van der Waals surface area (Å²) in [6.45, 7) is 3.08. The molecule has 0 saturated heterocycles. The highest BCUT2D eigenvalue weighted by Crippen LogP contribution is 2.24. The molecule has 0 aliphatic carbocycles. The largest absolute Gasteiger partial charge is 0.480 e. The van der Waals surface area contributed by atoms with Gasteiger partial charge in [0, 0.05) is 24.5 Å². The third kappa shape index (κ3) is 8.31. The van der Waals surface area contributed by atoms with E-state index in [4.69, 9.17) is 21.3 Å². The van der Waals surface area contributed by atoms with Crippen LogP contribution in [-0.4, -0.2) is 46.7 Å². The van der Waals surface area contributed by atoms with Crippen LogP contribution >= 0.6 is 21.6 Å². The van der Waals surface area contributed by atoms with Gasteiger partial charge in [-0.2, -0.15) is 0 Å². The molecular weight excluding hydrogens is 264 g/mol. The molecule has 0 aromatic heterocycles. The molecule has 0 radical (unpaired) electrons. The Kier molecular flexibility index (Phi) is 8.40. The summed E-state index contributed by atoms with van der Waals surface area (Å²) in [4.78, 5) is 21.2. The zero-order chi connectivity index (χ0) is 13.4. The lowest BCUT2D eigenvalue weighted by atomic mass is 10.2. The number of carbonyl (C=O) groups excluding carboxylic acids is 1. The van der Waals surface area contributed by atoms with E-state index in [0.717, 1.165) is 0 Å². The number of carboxylic acids is 1. The highest BCUT2D eigenvalue weighted by molar-refractivity contribution is 8.76. The van der Waals surface area contributed by atoms with Crippen LogP contribution in [0, 0.1) is 0 Å². The fourth-order valence-electron chi connectivity index (χ4n) is 0.814. The Hall–Kier alpha value is -0.440. The Labute approximate surface area is 108 Å². The van der Waals surface area contributed by atoms with E-state index in [1.165, 1.54) is 28.5 Å². The van der Waals surface area contributed by atoms with Crippen LogP contribution in [0.4, 0.5) is 0 Å². The van der Waals surface area contributed by atoms with Crippen LogP contribution < -0.4 is 11.5 Å². The fraction of sp³-hybridized carbons (Fsp3) is 0.778. The standard InChI is InChI=1S/C9H18N2O4S2/c1-5(10)8(15-6(2)12)4-17-16-3-7(11)9(13)14/h5,7-8H,3-4,10-11H2,1-2H3,(H,13,14). The lowest BCUT2D eigenvalue weighted by Gasteiger charge is -2.19. The molecule has 3 atom stereocenters. The summed E-state index contributed by atoms with van der Waals surface area (Å²) in [5.41, 5.74) is 11.0. The summed E-state index contributed by atoms with van der Waals surface area (Å²) in [6.07, 6.45) is -0.369. The topological polar surface area (TPSA) is 116 Å². The summed E-state index contributed by atoms with van der Waals surface area (Å²) in [5, 5.41) is 8.56. The average Bonchev–Trinajstić information content (AvgIpc) is 2.21. The molecule has 0 aliphatic rings. The van der Waals surface area contributed by atoms with Crippen molar-refractivity contribution in [2.75, 3.05) is 11.5 Å². The molecule has 0 heterocycles. The molecule has 8 heteroatoms. The van der Waals surface area contributed by atoms with E-state index in [0.29, 0.717) is 11.5 Å². The summed E-state index contributed by atoms with van der Waals surface area (Å²) < 4.78 is 5.02. The monoisotopic (exact) mass is 282 g/mol. The Morgan fingerprint density at radius 2 is 1.82 bits per heavy atom. The molecule has 0 spiro atoms. The van der Waals surface area contributed by atoms with Gasteiger partial charge in [0.1, 0.15) is 12.1 Å². The van der Waals surface area contributed by atoms with Crippen LogP contribution in [0.2, 0.25) is 0 Å². The van der Waals surface area contributed by atoms with Crippen molar-refractivity contribution in [2.24, 2.45) is 11.5 Å². The molecular formula is C9H18N2O4S2. The zero-order valence-electron chi connectivity index (χ0n) is 9.79. The van der Waals surface area contributed by atoms with E-state index < -0.39 is 12.0 Å². The van der Waals surface area contributed by atoms with Crippen molar-refractivity contribution in [1.29, 1.82) is 0 Å². The van der Waals surface area contributed by atoms with E-state index in [-0.39, 0.29) is 18.1 Å². The second-order valence-corrected chi connectivity index (χ2v) is 6.07. The maximum atomic E-state index is 10.8. The van der Waals surface area contributed by atoms with Crippen molar-refractivity contribution >= 4 is 33.5 Å². The van der Waals surface area contributed by atoms with Gasteiger partial charge in [0.2, 0.25) is 0 Å². The third-order valence-electron chi connectivity index (χ3n) is 1.78. The summed E-state index contributed by atoms with van der Waals surface area (Å²) in [7, 11) is 2.72. The molecule has 17 heavy (non-hydrogen) atoms. The molecule has 3 unspecified atom stereocenters. The maximum absolute atomic E-state index is 10.8. The summed E-state index contributed by atoms with van der Waals surface area (Å²) in [6, 6.07) is -1.14. The Balaban J connectivity index is 3.83. The van der Waals surface area contributed by atoms with Gasteiger partial charge in [-0.25, -0.2) is 0 Å². The molecule has 0 aromatic carbocycles. The van der Waals surface area contributed by atoms with Crippen molar-refractivity contribution in [1.82, 2.24) is 0 Å². The average molecular weight is 282 g/mol. The van der Waals surface area contributed by atoms with Crippen LogP contribution in [0.5, 0.6) is 0 Å². The van der Waals surface area contributed by atoms with Gasteiger partial charge in [0.25, 0.3) is 0 Å². The minimum atomic E-state index is -1.03. The molecule has 0 bridgehead atoms. The molecule has 0 saturated carbocycles. The lowest BCUT2D eigenvalue weighted by molar-refractivity contribution is -0.146. The maximum Gasteiger partial charge on any atom is 0.321 e. The number of carboxylic acid groups (broad SMARTS) is 1. The van der Waals surface area contributed by atoms with Gasteiger partial charge in [-0.15, -0.1) is 0 Å². The minimum absolute atomic E-state index is 0.264. The normalized spacial score (nSPS) is 16.0. The predicted octanol–water partition coefficient (Wildman–Crippen LogP) is 0.0586. The first-order valence-electron chi connectivity index (χ1n) is 5.00. The minimum Gasteiger partial charge on any atom is -0.480 e. The first kappa shape index (κ1) is 16.6. The predicted molar refractivity (Wildman–Crippen MR) is 69.7 cm³/mol. The van der Waals surface area contributed by atoms with Gasteiger partial charge in [-0.1, -0.05) is 21.6 Å². The number of hydrogen-bond acceptors (Lipinski definition) is 7. The van der Waals surface area contributed by atoms with Crippen LogP contribution in [0.25, 0.3) is 0 Å². The van der Waals surface area contributed by atoms with E-state index in [2.05, 4.69) is 0 Å². The Morgan fingerprint density at radius 3 is 2.24 bits per heavy atom. The van der Waals surface area contributed by atoms with Crippen molar-refractivity contribution in [2.45, 2.75) is 32.0 Å². The molecule has 0 amide bonds. The second-order valence-electron chi connectivity index (χ2n) is 3.52. The van der Waals surface area contributed by atoms with Crippen LogP contribution in [0.3, 0.4) is 0 Å². The first-order valence-corrected chi connectivity index (χ1v) is 7.49. The Morgan fingerprint density at radius 1 is 1.29 bits per heavy atom. The fourth-order valence-corrected chi connectivity index (χ4v) is 3.22. The van der Waals surface area contributed by atoms with Gasteiger partial charge in [-0.05, 0) is 6.92 Å². The number of ether oxygens (including phenoxy) is 1. The van der Waals surface area contributed by atoms with E-state index in [1.54, 1.807) is 6.92 Å². The van der Waals surface area contributed by atoms with Crippen LogP contribution in [0.15, 0.2) is 0 Å². The van der Waals surface area contributed by atoms with Gasteiger partial charge in [-0.3, -0.25) is 9.59 Å². The van der Waals surface area contributed by atoms with Gasteiger partial charge < -0.3 is 21.3 Å².